The van der Waals surface area contributed by atoms with Crippen molar-refractivity contribution >= 4 is 35.2 Å². The third-order valence-corrected chi connectivity index (χ3v) is 12.0. The maximum absolute atomic E-state index is 13.4. The van der Waals surface area contributed by atoms with Crippen molar-refractivity contribution in [2.75, 3.05) is 19.7 Å². The maximum Gasteiger partial charge on any atom is 0.255 e. The summed E-state index contributed by atoms with van der Waals surface area (Å²) in [7, 11) is 2.00. The lowest BCUT2D eigenvalue weighted by molar-refractivity contribution is -0.145. The highest BCUT2D eigenvalue weighted by Crippen LogP contribution is 2.36. The highest BCUT2D eigenvalue weighted by atomic mass is 35.5. The van der Waals surface area contributed by atoms with Crippen LogP contribution < -0.4 is 10.6 Å². The topological polar surface area (TPSA) is 126 Å². The van der Waals surface area contributed by atoms with Crippen molar-refractivity contribution in [3.63, 3.8) is 0 Å². The average Bonchev–Trinajstić information content (AvgIpc) is 3.68. The summed E-state index contributed by atoms with van der Waals surface area (Å²) in [5.41, 5.74) is 6.20. The number of aromatic nitrogens is 2. The number of hydrogen-bond acceptors (Lipinski definition) is 7. The molecule has 4 aliphatic rings. The molecule has 4 heterocycles. The predicted octanol–water partition coefficient (Wildman–Crippen LogP) is 5.01. The molecule has 2 saturated heterocycles. The van der Waals surface area contributed by atoms with Crippen molar-refractivity contribution in [1.82, 2.24) is 30.2 Å². The van der Waals surface area contributed by atoms with Gasteiger partial charge in [0.1, 0.15) is 12.1 Å². The molecule has 0 bridgehead atoms. The molecular weight excluding hydrogens is 692 g/mol. The SMILES string of the molecule is Cc1cc(C2CCC(N3C[C@H](C(=O)NCCCCCc4cccc5c4C(=O)N(C4CCC(=O)NC4=O)C5)OC[C@@H]3Cc3ccc(Cl)cc3)CC2)nn1C. The average molecular weight is 743 g/mol. The Labute approximate surface area is 316 Å². The first-order chi connectivity index (χ1) is 25.6. The predicted molar refractivity (Wildman–Crippen MR) is 201 cm³/mol. The molecule has 4 amide bonds. The van der Waals surface area contributed by atoms with E-state index in [1.165, 1.54) is 17.0 Å². The van der Waals surface area contributed by atoms with Crippen LogP contribution in [0.1, 0.15) is 102 Å². The second kappa shape index (κ2) is 16.5. The fraction of sp³-hybridized carbons (Fsp3) is 0.537. The van der Waals surface area contributed by atoms with Crippen molar-refractivity contribution in [3.05, 3.63) is 87.2 Å². The minimum absolute atomic E-state index is 0.0578. The van der Waals surface area contributed by atoms with Gasteiger partial charge in [-0.1, -0.05) is 48.4 Å². The number of aryl methyl sites for hydroxylation is 3. The van der Waals surface area contributed by atoms with E-state index in [0.717, 1.165) is 73.9 Å². The zero-order valence-electron chi connectivity index (χ0n) is 30.8. The Bertz CT molecular complexity index is 1800. The second-order valence-electron chi connectivity index (χ2n) is 15.3. The van der Waals surface area contributed by atoms with E-state index in [1.54, 1.807) is 4.90 Å². The quantitative estimate of drug-likeness (QED) is 0.198. The summed E-state index contributed by atoms with van der Waals surface area (Å²) in [5.74, 6) is -0.404. The van der Waals surface area contributed by atoms with Crippen LogP contribution in [0.25, 0.3) is 0 Å². The van der Waals surface area contributed by atoms with Crippen molar-refractivity contribution in [2.45, 2.75) is 114 Å². The highest BCUT2D eigenvalue weighted by Gasteiger charge is 2.41. The zero-order chi connectivity index (χ0) is 37.1. The largest absolute Gasteiger partial charge is 0.365 e. The second-order valence-corrected chi connectivity index (χ2v) is 15.7. The molecule has 1 unspecified atom stereocenters. The van der Waals surface area contributed by atoms with E-state index < -0.39 is 18.1 Å². The standard InChI is InChI=1S/C41H51ClN6O5/c1-26-21-34(45-46(26)2)28-12-16-32(17-13-28)47-24-36(53-25-33(47)22-27-10-14-31(42)15-11-27)40(51)43-20-5-3-4-7-29-8-6-9-30-23-48(41(52)38(29)30)35-18-19-37(49)44-39(35)50/h6,8-11,14-15,21,28,32-33,35-36H,3-5,7,12-13,16-20,22-25H2,1-2H3,(H,43,51)(H,44,49,50)/t28?,32?,33-,35?,36+/m0/s1. The Morgan fingerprint density at radius 1 is 1.02 bits per heavy atom. The number of piperidine rings is 1. The van der Waals surface area contributed by atoms with Gasteiger partial charge in [-0.05, 0) is 99.6 Å². The number of benzene rings is 2. The van der Waals surface area contributed by atoms with Crippen molar-refractivity contribution in [3.8, 4) is 0 Å². The molecule has 1 aliphatic carbocycles. The van der Waals surface area contributed by atoms with E-state index in [9.17, 15) is 19.2 Å². The normalized spacial score (nSPS) is 25.0. The van der Waals surface area contributed by atoms with E-state index in [-0.39, 0.29) is 30.2 Å². The number of fused-ring (bicyclic) bond motifs is 1. The molecule has 3 aromatic rings. The molecule has 11 nitrogen and oxygen atoms in total. The van der Waals surface area contributed by atoms with Crippen LogP contribution in [0.5, 0.6) is 0 Å². The lowest BCUT2D eigenvalue weighted by Crippen LogP contribution is -2.58. The molecule has 7 rings (SSSR count). The monoisotopic (exact) mass is 742 g/mol. The number of unbranched alkanes of at least 4 members (excludes halogenated alkanes) is 2. The summed E-state index contributed by atoms with van der Waals surface area (Å²) in [6.07, 6.45) is 8.56. The number of amides is 4. The first-order valence-electron chi connectivity index (χ1n) is 19.3. The molecule has 1 saturated carbocycles. The summed E-state index contributed by atoms with van der Waals surface area (Å²) in [4.78, 5) is 55.1. The number of halogens is 1. The number of morpholine rings is 1. The third-order valence-electron chi connectivity index (χ3n) is 11.8. The lowest BCUT2D eigenvalue weighted by Gasteiger charge is -2.45. The van der Waals surface area contributed by atoms with Gasteiger partial charge in [0.2, 0.25) is 17.7 Å². The number of rotatable bonds is 12. The first kappa shape index (κ1) is 37.3. The van der Waals surface area contributed by atoms with Crippen LogP contribution in [0.15, 0.2) is 48.5 Å². The number of carbonyl (C=O) groups is 4. The Balaban J connectivity index is 0.893. The summed E-state index contributed by atoms with van der Waals surface area (Å²) < 4.78 is 8.22. The fourth-order valence-electron chi connectivity index (χ4n) is 8.72. The van der Waals surface area contributed by atoms with Crippen LogP contribution in [-0.2, 0) is 45.6 Å². The molecule has 2 N–H and O–H groups in total. The van der Waals surface area contributed by atoms with E-state index >= 15 is 0 Å². The molecule has 282 valence electrons. The molecule has 0 radical (unpaired) electrons. The molecule has 53 heavy (non-hydrogen) atoms. The highest BCUT2D eigenvalue weighted by molar-refractivity contribution is 6.30. The van der Waals surface area contributed by atoms with E-state index in [0.29, 0.717) is 50.2 Å². The molecule has 3 fully saturated rings. The number of ether oxygens (including phenoxy) is 1. The number of carbonyl (C=O) groups excluding carboxylic acids is 4. The Morgan fingerprint density at radius 2 is 1.81 bits per heavy atom. The third kappa shape index (κ3) is 8.53. The fourth-order valence-corrected chi connectivity index (χ4v) is 8.85. The minimum atomic E-state index is -0.616. The maximum atomic E-state index is 13.4. The lowest BCUT2D eigenvalue weighted by atomic mass is 9.82. The van der Waals surface area contributed by atoms with Crippen LogP contribution >= 0.6 is 11.6 Å². The smallest absolute Gasteiger partial charge is 0.255 e. The van der Waals surface area contributed by atoms with Gasteiger partial charge in [-0.3, -0.25) is 34.1 Å². The van der Waals surface area contributed by atoms with Crippen LogP contribution in [0, 0.1) is 6.92 Å². The summed E-state index contributed by atoms with van der Waals surface area (Å²) in [6.45, 7) is 4.13. The van der Waals surface area contributed by atoms with E-state index in [1.807, 2.05) is 42.1 Å². The molecule has 12 heteroatoms. The molecule has 2 aromatic carbocycles. The Kier molecular flexibility index (Phi) is 11.6. The van der Waals surface area contributed by atoms with Crippen LogP contribution in [0.3, 0.4) is 0 Å². The van der Waals surface area contributed by atoms with Crippen molar-refractivity contribution in [2.24, 2.45) is 7.05 Å². The molecule has 0 spiro atoms. The Morgan fingerprint density at radius 3 is 2.55 bits per heavy atom. The summed E-state index contributed by atoms with van der Waals surface area (Å²) in [5, 5.41) is 11.0. The number of imide groups is 1. The van der Waals surface area contributed by atoms with Gasteiger partial charge in [-0.25, -0.2) is 0 Å². The Hall–Kier alpha value is -4.06. The molecule has 1 aromatic heterocycles. The van der Waals surface area contributed by atoms with Gasteiger partial charge in [0.15, 0.2) is 0 Å². The number of nitrogens with one attached hydrogen (secondary N) is 2. The van der Waals surface area contributed by atoms with Crippen LogP contribution in [0.2, 0.25) is 5.02 Å². The van der Waals surface area contributed by atoms with Gasteiger partial charge in [-0.15, -0.1) is 0 Å². The van der Waals surface area contributed by atoms with Gasteiger partial charge < -0.3 is 15.0 Å². The van der Waals surface area contributed by atoms with Gasteiger partial charge in [0.25, 0.3) is 5.91 Å². The van der Waals surface area contributed by atoms with Crippen LogP contribution in [-0.4, -0.2) is 87.1 Å². The number of hydrogen-bond donors (Lipinski definition) is 2. The van der Waals surface area contributed by atoms with Crippen molar-refractivity contribution in [1.29, 1.82) is 0 Å². The van der Waals surface area contributed by atoms with Gasteiger partial charge >= 0.3 is 0 Å². The van der Waals surface area contributed by atoms with Gasteiger partial charge in [0.05, 0.1) is 12.3 Å². The van der Waals surface area contributed by atoms with Gasteiger partial charge in [-0.2, -0.15) is 5.10 Å². The summed E-state index contributed by atoms with van der Waals surface area (Å²) in [6, 6.07) is 16.1. The van der Waals surface area contributed by atoms with Crippen molar-refractivity contribution < 1.29 is 23.9 Å². The molecular formula is C41H51ClN6O5. The van der Waals surface area contributed by atoms with E-state index in [2.05, 4.69) is 40.7 Å². The first-order valence-corrected chi connectivity index (χ1v) is 19.7. The zero-order valence-corrected chi connectivity index (χ0v) is 31.6. The van der Waals surface area contributed by atoms with E-state index in [4.69, 9.17) is 21.4 Å². The van der Waals surface area contributed by atoms with Gasteiger partial charge in [0, 0.05) is 67.4 Å². The minimum Gasteiger partial charge on any atom is -0.365 e. The van der Waals surface area contributed by atoms with Crippen LogP contribution in [0.4, 0.5) is 0 Å². The molecule has 3 aliphatic heterocycles. The number of nitrogens with zero attached hydrogens (tertiary/aromatic N) is 4. The molecule has 3 atom stereocenters. The summed E-state index contributed by atoms with van der Waals surface area (Å²) >= 11 is 6.17.